The van der Waals surface area contributed by atoms with E-state index in [9.17, 15) is 0 Å². The average Bonchev–Trinajstić information content (AvgIpc) is 3.42. The van der Waals surface area contributed by atoms with Gasteiger partial charge in [0.15, 0.2) is 17.5 Å². The van der Waals surface area contributed by atoms with Crippen molar-refractivity contribution >= 4 is 22.9 Å². The third-order valence-electron chi connectivity index (χ3n) is 7.57. The molecule has 1 aliphatic carbocycles. The van der Waals surface area contributed by atoms with Crippen molar-refractivity contribution in [3.05, 3.63) is 139 Å². The minimum atomic E-state index is 0.101. The van der Waals surface area contributed by atoms with Crippen LogP contribution in [0.25, 0.3) is 62.3 Å². The largest absolute Gasteiger partial charge is 0.440 e. The molecule has 1 atom stereocenters. The minimum absolute atomic E-state index is 0.101. The maximum atomic E-state index is 6.30. The number of allylic oxidation sites excluding steroid dienone is 2. The third kappa shape index (κ3) is 4.15. The van der Waals surface area contributed by atoms with E-state index in [1.165, 1.54) is 11.1 Å². The van der Waals surface area contributed by atoms with Crippen molar-refractivity contribution in [3.63, 3.8) is 0 Å². The Balaban J connectivity index is 1.30. The SMILES string of the molecule is C1=CC2=Cc3c(oc4cccc(-c5nc(-c6ccccc6)nc(-c6ccc(-c7ccccc7)cc6)n5)c34)NC2C=C1. The molecule has 5 nitrogen and oxygen atoms in total. The monoisotopic (exact) mass is 528 g/mol. The summed E-state index contributed by atoms with van der Waals surface area (Å²) in [6.07, 6.45) is 10.6. The van der Waals surface area contributed by atoms with Gasteiger partial charge in [0.05, 0.1) is 6.04 Å². The standard InChI is InChI=1S/C36H24N4O/c1-3-10-23(11-4-1)24-18-20-26(21-19-24)34-38-33(25-12-5-2-6-13-25)39-35(40-34)28-15-9-17-31-32(28)29-22-27-14-7-8-16-30(27)37-36(29)41-31/h1-22,30,37H. The molecule has 6 aromatic rings. The van der Waals surface area contributed by atoms with Gasteiger partial charge in [0.2, 0.25) is 5.88 Å². The second-order valence-corrected chi connectivity index (χ2v) is 10.1. The summed E-state index contributed by atoms with van der Waals surface area (Å²) < 4.78 is 6.30. The molecule has 0 fully saturated rings. The van der Waals surface area contributed by atoms with Crippen LogP contribution >= 0.6 is 0 Å². The Morgan fingerprint density at radius 1 is 0.585 bits per heavy atom. The predicted molar refractivity (Wildman–Crippen MR) is 165 cm³/mol. The number of nitrogens with one attached hydrogen (secondary N) is 1. The minimum Gasteiger partial charge on any atom is -0.440 e. The lowest BCUT2D eigenvalue weighted by atomic mass is 9.94. The fourth-order valence-electron chi connectivity index (χ4n) is 5.52. The van der Waals surface area contributed by atoms with Gasteiger partial charge in [-0.15, -0.1) is 0 Å². The predicted octanol–water partition coefficient (Wildman–Crippen LogP) is 8.59. The van der Waals surface area contributed by atoms with Crippen molar-refractivity contribution in [2.24, 2.45) is 0 Å². The Labute approximate surface area is 237 Å². The summed E-state index contributed by atoms with van der Waals surface area (Å²) in [5.41, 5.74) is 8.08. The fourth-order valence-corrected chi connectivity index (χ4v) is 5.52. The zero-order valence-corrected chi connectivity index (χ0v) is 22.0. The van der Waals surface area contributed by atoms with Crippen LogP contribution in [0.4, 0.5) is 5.88 Å². The highest BCUT2D eigenvalue weighted by atomic mass is 16.4. The number of fused-ring (bicyclic) bond motifs is 4. The molecule has 4 aromatic carbocycles. The molecule has 0 saturated carbocycles. The van der Waals surface area contributed by atoms with Crippen molar-refractivity contribution < 1.29 is 4.42 Å². The molecular formula is C36H24N4O. The lowest BCUT2D eigenvalue weighted by molar-refractivity contribution is 0.622. The van der Waals surface area contributed by atoms with Crippen LogP contribution in [-0.2, 0) is 0 Å². The molecule has 41 heavy (non-hydrogen) atoms. The van der Waals surface area contributed by atoms with E-state index in [1.807, 2.05) is 48.5 Å². The van der Waals surface area contributed by atoms with Crippen LogP contribution in [0.1, 0.15) is 5.56 Å². The number of nitrogens with zero attached hydrogens (tertiary/aromatic N) is 3. The Bertz CT molecular complexity index is 2000. The van der Waals surface area contributed by atoms with Crippen molar-refractivity contribution in [2.45, 2.75) is 6.04 Å². The second kappa shape index (κ2) is 9.57. The summed E-state index contributed by atoms with van der Waals surface area (Å²) in [6, 6.07) is 34.9. The van der Waals surface area contributed by atoms with Gasteiger partial charge >= 0.3 is 0 Å². The Kier molecular flexibility index (Phi) is 5.45. The zero-order valence-electron chi connectivity index (χ0n) is 22.0. The lowest BCUT2D eigenvalue weighted by Crippen LogP contribution is -2.22. The highest BCUT2D eigenvalue weighted by Crippen LogP contribution is 2.42. The van der Waals surface area contributed by atoms with E-state index in [-0.39, 0.29) is 6.04 Å². The smallest absolute Gasteiger partial charge is 0.202 e. The molecule has 0 saturated heterocycles. The Morgan fingerprint density at radius 2 is 1.22 bits per heavy atom. The van der Waals surface area contributed by atoms with E-state index in [0.717, 1.165) is 44.7 Å². The molecular weight excluding hydrogens is 504 g/mol. The molecule has 1 aliphatic heterocycles. The normalized spacial score (nSPS) is 15.2. The van der Waals surface area contributed by atoms with E-state index in [4.69, 9.17) is 19.4 Å². The molecule has 1 unspecified atom stereocenters. The summed E-state index contributed by atoms with van der Waals surface area (Å²) >= 11 is 0. The van der Waals surface area contributed by atoms with E-state index < -0.39 is 0 Å². The first-order valence-corrected chi connectivity index (χ1v) is 13.7. The van der Waals surface area contributed by atoms with Crippen molar-refractivity contribution in [1.29, 1.82) is 0 Å². The number of rotatable bonds is 4. The van der Waals surface area contributed by atoms with Gasteiger partial charge in [0, 0.05) is 27.6 Å². The lowest BCUT2D eigenvalue weighted by Gasteiger charge is -2.22. The van der Waals surface area contributed by atoms with Gasteiger partial charge in [-0.2, -0.15) is 0 Å². The highest BCUT2D eigenvalue weighted by Gasteiger charge is 2.26. The molecule has 194 valence electrons. The van der Waals surface area contributed by atoms with Crippen LogP contribution in [0.3, 0.4) is 0 Å². The van der Waals surface area contributed by atoms with Gasteiger partial charge in [-0.05, 0) is 28.8 Å². The summed E-state index contributed by atoms with van der Waals surface area (Å²) in [6.45, 7) is 0. The number of furan rings is 1. The molecule has 1 N–H and O–H groups in total. The molecule has 3 heterocycles. The average molecular weight is 529 g/mol. The van der Waals surface area contributed by atoms with E-state index in [2.05, 4.69) is 90.3 Å². The third-order valence-corrected chi connectivity index (χ3v) is 7.57. The summed E-state index contributed by atoms with van der Waals surface area (Å²) in [5, 5.41) is 4.52. The van der Waals surface area contributed by atoms with Gasteiger partial charge in [0.25, 0.3) is 0 Å². The van der Waals surface area contributed by atoms with Crippen molar-refractivity contribution in [1.82, 2.24) is 15.0 Å². The maximum absolute atomic E-state index is 6.30. The van der Waals surface area contributed by atoms with Crippen molar-refractivity contribution in [2.75, 3.05) is 5.32 Å². The molecule has 0 amide bonds. The molecule has 5 heteroatoms. The Morgan fingerprint density at radius 3 is 1.98 bits per heavy atom. The molecule has 0 spiro atoms. The van der Waals surface area contributed by atoms with Gasteiger partial charge < -0.3 is 9.73 Å². The Hall–Kier alpha value is -5.55. The van der Waals surface area contributed by atoms with E-state index in [0.29, 0.717) is 17.5 Å². The molecule has 2 aliphatic rings. The van der Waals surface area contributed by atoms with Gasteiger partial charge in [-0.25, -0.2) is 15.0 Å². The number of hydrogen-bond acceptors (Lipinski definition) is 5. The maximum Gasteiger partial charge on any atom is 0.202 e. The first-order chi connectivity index (χ1) is 20.3. The second-order valence-electron chi connectivity index (χ2n) is 10.1. The number of aromatic nitrogens is 3. The van der Waals surface area contributed by atoms with E-state index in [1.54, 1.807) is 0 Å². The number of hydrogen-bond donors (Lipinski definition) is 1. The van der Waals surface area contributed by atoms with Gasteiger partial charge in [0.1, 0.15) is 5.58 Å². The van der Waals surface area contributed by atoms with Crippen LogP contribution < -0.4 is 5.32 Å². The highest BCUT2D eigenvalue weighted by molar-refractivity contribution is 6.03. The number of anilines is 1. The summed E-state index contributed by atoms with van der Waals surface area (Å²) in [7, 11) is 0. The molecule has 8 rings (SSSR count). The van der Waals surface area contributed by atoms with Crippen LogP contribution in [0.15, 0.2) is 137 Å². The molecule has 2 aromatic heterocycles. The van der Waals surface area contributed by atoms with Crippen molar-refractivity contribution in [3.8, 4) is 45.3 Å². The van der Waals surface area contributed by atoms with Gasteiger partial charge in [-0.3, -0.25) is 0 Å². The topological polar surface area (TPSA) is 63.8 Å². The van der Waals surface area contributed by atoms with E-state index >= 15 is 0 Å². The summed E-state index contributed by atoms with van der Waals surface area (Å²) in [4.78, 5) is 15.0. The van der Waals surface area contributed by atoms with Crippen LogP contribution in [-0.4, -0.2) is 21.0 Å². The first kappa shape index (κ1) is 23.3. The zero-order chi connectivity index (χ0) is 27.2. The summed E-state index contributed by atoms with van der Waals surface area (Å²) in [5.74, 6) is 2.62. The molecule has 0 radical (unpaired) electrons. The van der Waals surface area contributed by atoms with Crippen LogP contribution in [0, 0.1) is 0 Å². The fraction of sp³-hybridized carbons (Fsp3) is 0.0278. The van der Waals surface area contributed by atoms with Crippen LogP contribution in [0.5, 0.6) is 0 Å². The quantitative estimate of drug-likeness (QED) is 0.248. The molecule has 0 bridgehead atoms. The van der Waals surface area contributed by atoms with Gasteiger partial charge in [-0.1, -0.05) is 121 Å². The number of benzene rings is 4. The first-order valence-electron chi connectivity index (χ1n) is 13.7. The van der Waals surface area contributed by atoms with Crippen LogP contribution in [0.2, 0.25) is 0 Å².